The Kier molecular flexibility index (Phi) is 3.42. The molecule has 0 saturated heterocycles. The molecule has 0 aromatic carbocycles. The monoisotopic (exact) mass is 195 g/mol. The summed E-state index contributed by atoms with van der Waals surface area (Å²) < 4.78 is 0. The van der Waals surface area contributed by atoms with Gasteiger partial charge in [-0.1, -0.05) is 0 Å². The first-order valence-electron chi connectivity index (χ1n) is 3.85. The molecule has 0 fully saturated rings. The molecule has 14 heavy (non-hydrogen) atoms. The van der Waals surface area contributed by atoms with Crippen LogP contribution < -0.4 is 10.6 Å². The number of amides is 2. The molecular formula is C8H9N3O3. The third kappa shape index (κ3) is 2.74. The van der Waals surface area contributed by atoms with Crippen molar-refractivity contribution < 1.29 is 14.7 Å². The summed E-state index contributed by atoms with van der Waals surface area (Å²) in [6.45, 7) is 0.194. The van der Waals surface area contributed by atoms with Crippen molar-refractivity contribution in [1.82, 2.24) is 10.3 Å². The number of hydrogen-bond acceptors (Lipinski definition) is 3. The molecule has 6 heteroatoms. The lowest BCUT2D eigenvalue weighted by atomic mass is 10.3. The van der Waals surface area contributed by atoms with Crippen LogP contribution in [-0.2, 0) is 11.3 Å². The maximum absolute atomic E-state index is 10.4. The molecule has 0 radical (unpaired) electrons. The van der Waals surface area contributed by atoms with Crippen molar-refractivity contribution in [2.75, 3.05) is 5.32 Å². The predicted octanol–water partition coefficient (Wildman–Crippen LogP) is 0.417. The summed E-state index contributed by atoms with van der Waals surface area (Å²) in [5.41, 5.74) is 0.844. The van der Waals surface area contributed by atoms with E-state index in [4.69, 9.17) is 5.11 Å². The van der Waals surface area contributed by atoms with Crippen molar-refractivity contribution >= 4 is 18.2 Å². The Labute approximate surface area is 80.0 Å². The van der Waals surface area contributed by atoms with Gasteiger partial charge in [-0.2, -0.15) is 0 Å². The van der Waals surface area contributed by atoms with E-state index in [1.807, 2.05) is 0 Å². The van der Waals surface area contributed by atoms with Crippen LogP contribution in [0.2, 0.25) is 0 Å². The number of aromatic nitrogens is 1. The zero-order chi connectivity index (χ0) is 10.4. The van der Waals surface area contributed by atoms with Crippen LogP contribution in [-0.4, -0.2) is 22.6 Å². The number of hydrogen-bond donors (Lipinski definition) is 3. The first-order valence-corrected chi connectivity index (χ1v) is 3.85. The van der Waals surface area contributed by atoms with Gasteiger partial charge in [0.05, 0.1) is 17.9 Å². The highest BCUT2D eigenvalue weighted by Gasteiger charge is 2.04. The van der Waals surface area contributed by atoms with Gasteiger partial charge in [0.25, 0.3) is 0 Å². The highest BCUT2D eigenvalue weighted by Crippen LogP contribution is 2.11. The van der Waals surface area contributed by atoms with Gasteiger partial charge in [-0.15, -0.1) is 0 Å². The smallest absolute Gasteiger partial charge is 0.409 e. The molecule has 2 amide bonds. The van der Waals surface area contributed by atoms with E-state index in [1.54, 1.807) is 12.1 Å². The van der Waals surface area contributed by atoms with Crippen LogP contribution >= 0.6 is 0 Å². The SMILES string of the molecule is O=CNCc1ncccc1NC(=O)O. The molecule has 1 heterocycles. The topological polar surface area (TPSA) is 91.3 Å². The van der Waals surface area contributed by atoms with Crippen LogP contribution in [0.15, 0.2) is 18.3 Å². The lowest BCUT2D eigenvalue weighted by molar-refractivity contribution is -0.109. The van der Waals surface area contributed by atoms with E-state index in [0.717, 1.165) is 0 Å². The lowest BCUT2D eigenvalue weighted by Crippen LogP contribution is -2.15. The van der Waals surface area contributed by atoms with Crippen LogP contribution in [0.4, 0.5) is 10.5 Å². The Bertz CT molecular complexity index is 340. The number of carbonyl (C=O) groups excluding carboxylic acids is 1. The van der Waals surface area contributed by atoms with E-state index >= 15 is 0 Å². The Morgan fingerprint density at radius 1 is 1.64 bits per heavy atom. The fourth-order valence-corrected chi connectivity index (χ4v) is 0.946. The van der Waals surface area contributed by atoms with E-state index in [2.05, 4.69) is 15.6 Å². The molecule has 0 aliphatic rings. The molecule has 6 nitrogen and oxygen atoms in total. The van der Waals surface area contributed by atoms with Gasteiger partial charge < -0.3 is 10.4 Å². The summed E-state index contributed by atoms with van der Waals surface area (Å²) in [6, 6.07) is 3.18. The summed E-state index contributed by atoms with van der Waals surface area (Å²) in [7, 11) is 0. The number of rotatable bonds is 4. The molecule has 0 aliphatic carbocycles. The van der Waals surface area contributed by atoms with Gasteiger partial charge in [-0.3, -0.25) is 15.1 Å². The second-order valence-electron chi connectivity index (χ2n) is 2.43. The van der Waals surface area contributed by atoms with E-state index in [-0.39, 0.29) is 6.54 Å². The van der Waals surface area contributed by atoms with Crippen LogP contribution in [0.5, 0.6) is 0 Å². The zero-order valence-electron chi connectivity index (χ0n) is 7.23. The molecule has 0 aliphatic heterocycles. The fraction of sp³-hybridized carbons (Fsp3) is 0.125. The number of carbonyl (C=O) groups is 2. The minimum atomic E-state index is -1.16. The zero-order valence-corrected chi connectivity index (χ0v) is 7.23. The quantitative estimate of drug-likeness (QED) is 0.607. The first kappa shape index (κ1) is 9.97. The molecule has 1 rings (SSSR count). The molecular weight excluding hydrogens is 186 g/mol. The summed E-state index contributed by atoms with van der Waals surface area (Å²) in [6.07, 6.45) is 0.888. The minimum absolute atomic E-state index is 0.194. The molecule has 0 atom stereocenters. The number of anilines is 1. The summed E-state index contributed by atoms with van der Waals surface area (Å²) in [5.74, 6) is 0. The molecule has 74 valence electrons. The number of carboxylic acid groups (broad SMARTS) is 1. The minimum Gasteiger partial charge on any atom is -0.465 e. The Morgan fingerprint density at radius 2 is 2.43 bits per heavy atom. The molecule has 1 aromatic heterocycles. The van der Waals surface area contributed by atoms with Crippen molar-refractivity contribution in [2.24, 2.45) is 0 Å². The Hall–Kier alpha value is -2.11. The largest absolute Gasteiger partial charge is 0.465 e. The predicted molar refractivity (Wildman–Crippen MR) is 48.8 cm³/mol. The van der Waals surface area contributed by atoms with Crippen molar-refractivity contribution in [3.05, 3.63) is 24.0 Å². The average Bonchev–Trinajstić information content (AvgIpc) is 2.16. The van der Waals surface area contributed by atoms with Gasteiger partial charge in [0.2, 0.25) is 6.41 Å². The molecule has 0 unspecified atom stereocenters. The lowest BCUT2D eigenvalue weighted by Gasteiger charge is -2.06. The van der Waals surface area contributed by atoms with Crippen molar-refractivity contribution in [3.8, 4) is 0 Å². The van der Waals surface area contributed by atoms with Crippen molar-refractivity contribution in [1.29, 1.82) is 0 Å². The van der Waals surface area contributed by atoms with Crippen molar-refractivity contribution in [2.45, 2.75) is 6.54 Å². The van der Waals surface area contributed by atoms with Crippen molar-refractivity contribution in [3.63, 3.8) is 0 Å². The molecule has 3 N–H and O–H groups in total. The van der Waals surface area contributed by atoms with Crippen LogP contribution in [0.25, 0.3) is 0 Å². The van der Waals surface area contributed by atoms with Gasteiger partial charge in [-0.25, -0.2) is 4.79 Å². The first-order chi connectivity index (χ1) is 6.74. The molecule has 0 saturated carbocycles. The van der Waals surface area contributed by atoms with Gasteiger partial charge in [0.1, 0.15) is 0 Å². The maximum atomic E-state index is 10.4. The second kappa shape index (κ2) is 4.80. The number of pyridine rings is 1. The van der Waals surface area contributed by atoms with E-state index < -0.39 is 6.09 Å². The molecule has 0 bridgehead atoms. The van der Waals surface area contributed by atoms with Crippen LogP contribution in [0.1, 0.15) is 5.69 Å². The average molecular weight is 195 g/mol. The highest BCUT2D eigenvalue weighted by molar-refractivity contribution is 5.83. The number of nitrogens with one attached hydrogen (secondary N) is 2. The number of nitrogens with zero attached hydrogens (tertiary/aromatic N) is 1. The van der Waals surface area contributed by atoms with E-state index in [1.165, 1.54) is 6.20 Å². The summed E-state index contributed by atoms with van der Waals surface area (Å²) >= 11 is 0. The summed E-state index contributed by atoms with van der Waals surface area (Å²) in [4.78, 5) is 24.3. The van der Waals surface area contributed by atoms with Crippen LogP contribution in [0, 0.1) is 0 Å². The van der Waals surface area contributed by atoms with Gasteiger partial charge in [0, 0.05) is 6.20 Å². The fourth-order valence-electron chi connectivity index (χ4n) is 0.946. The molecule has 1 aromatic rings. The third-order valence-corrected chi connectivity index (χ3v) is 1.48. The third-order valence-electron chi connectivity index (χ3n) is 1.48. The Morgan fingerprint density at radius 3 is 3.07 bits per heavy atom. The van der Waals surface area contributed by atoms with Crippen LogP contribution in [0.3, 0.4) is 0 Å². The van der Waals surface area contributed by atoms with Gasteiger partial charge in [0.15, 0.2) is 0 Å². The highest BCUT2D eigenvalue weighted by atomic mass is 16.4. The maximum Gasteiger partial charge on any atom is 0.409 e. The second-order valence-corrected chi connectivity index (χ2v) is 2.43. The molecule has 0 spiro atoms. The van der Waals surface area contributed by atoms with Gasteiger partial charge >= 0.3 is 6.09 Å². The Balaban J connectivity index is 2.79. The van der Waals surface area contributed by atoms with E-state index in [0.29, 0.717) is 17.8 Å². The van der Waals surface area contributed by atoms with Gasteiger partial charge in [-0.05, 0) is 12.1 Å². The normalized spacial score (nSPS) is 9.14. The van der Waals surface area contributed by atoms with E-state index in [9.17, 15) is 9.59 Å². The summed E-state index contributed by atoms with van der Waals surface area (Å²) in [5, 5.41) is 13.1. The standard InChI is InChI=1S/C8H9N3O3/c12-5-9-4-7-6(11-8(13)14)2-1-3-10-7/h1-3,5,11H,4H2,(H,9,12)(H,13,14).